The van der Waals surface area contributed by atoms with Gasteiger partial charge in [0.25, 0.3) is 0 Å². The third-order valence-corrected chi connectivity index (χ3v) is 5.19. The number of unbranched alkanes of at least 4 members (excludes halogenated alkanes) is 1. The first-order chi connectivity index (χ1) is 13.0. The summed E-state index contributed by atoms with van der Waals surface area (Å²) < 4.78 is 6.39. The normalized spacial score (nSPS) is 15.0. The van der Waals surface area contributed by atoms with Crippen molar-refractivity contribution in [3.63, 3.8) is 0 Å². The maximum Gasteiger partial charge on any atom is 0.409 e. The summed E-state index contributed by atoms with van der Waals surface area (Å²) in [5, 5.41) is 0. The standard InChI is InChI=1S/C21H31BrN2O3/c1-17(2)16-27-21(26)24-13-5-12-23(14-15-24)20(25)7-4-3-6-18-8-10-19(22)11-9-18/h8-11,17H,3-7,12-16H2,1-2H3. The lowest BCUT2D eigenvalue weighted by Crippen LogP contribution is -2.37. The Morgan fingerprint density at radius 2 is 1.70 bits per heavy atom. The van der Waals surface area contributed by atoms with Gasteiger partial charge in [0.2, 0.25) is 5.91 Å². The second-order valence-corrected chi connectivity index (χ2v) is 8.44. The van der Waals surface area contributed by atoms with Gasteiger partial charge in [0.05, 0.1) is 6.61 Å². The van der Waals surface area contributed by atoms with E-state index in [0.29, 0.717) is 38.6 Å². The Morgan fingerprint density at radius 1 is 1.04 bits per heavy atom. The van der Waals surface area contributed by atoms with Gasteiger partial charge < -0.3 is 14.5 Å². The van der Waals surface area contributed by atoms with Crippen molar-refractivity contribution in [1.82, 2.24) is 9.80 Å². The van der Waals surface area contributed by atoms with E-state index in [1.54, 1.807) is 4.90 Å². The SMILES string of the molecule is CC(C)COC(=O)N1CCCN(C(=O)CCCCc2ccc(Br)cc2)CC1. The lowest BCUT2D eigenvalue weighted by atomic mass is 10.1. The van der Waals surface area contributed by atoms with Gasteiger partial charge >= 0.3 is 6.09 Å². The highest BCUT2D eigenvalue weighted by molar-refractivity contribution is 9.10. The van der Waals surface area contributed by atoms with Crippen molar-refractivity contribution in [1.29, 1.82) is 0 Å². The minimum Gasteiger partial charge on any atom is -0.449 e. The average Bonchev–Trinajstić information content (AvgIpc) is 2.91. The molecule has 0 N–H and O–H groups in total. The van der Waals surface area contributed by atoms with E-state index in [1.165, 1.54) is 5.56 Å². The van der Waals surface area contributed by atoms with Gasteiger partial charge in [-0.05, 0) is 49.3 Å². The van der Waals surface area contributed by atoms with E-state index in [9.17, 15) is 9.59 Å². The van der Waals surface area contributed by atoms with Crippen molar-refractivity contribution in [2.75, 3.05) is 32.8 Å². The Balaban J connectivity index is 1.67. The highest BCUT2D eigenvalue weighted by atomic mass is 79.9. The Morgan fingerprint density at radius 3 is 2.41 bits per heavy atom. The maximum absolute atomic E-state index is 12.5. The molecule has 1 aromatic carbocycles. The Hall–Kier alpha value is -1.56. The molecule has 1 fully saturated rings. The van der Waals surface area contributed by atoms with Gasteiger partial charge in [-0.3, -0.25) is 4.79 Å². The van der Waals surface area contributed by atoms with E-state index in [0.717, 1.165) is 36.7 Å². The van der Waals surface area contributed by atoms with E-state index in [1.807, 2.05) is 18.7 Å². The monoisotopic (exact) mass is 438 g/mol. The number of ether oxygens (including phenoxy) is 1. The van der Waals surface area contributed by atoms with Crippen LogP contribution in [0.15, 0.2) is 28.7 Å². The molecule has 2 amide bonds. The van der Waals surface area contributed by atoms with Crippen LogP contribution in [0.2, 0.25) is 0 Å². The summed E-state index contributed by atoms with van der Waals surface area (Å²) in [5.74, 6) is 0.527. The molecular weight excluding hydrogens is 408 g/mol. The van der Waals surface area contributed by atoms with Crippen LogP contribution in [0.3, 0.4) is 0 Å². The molecule has 1 aliphatic heterocycles. The molecule has 1 aromatic rings. The number of rotatable bonds is 7. The molecule has 0 spiro atoms. The Kier molecular flexibility index (Phi) is 9.11. The van der Waals surface area contributed by atoms with Crippen LogP contribution >= 0.6 is 15.9 Å². The molecular formula is C21H31BrN2O3. The predicted molar refractivity (Wildman–Crippen MR) is 111 cm³/mol. The van der Waals surface area contributed by atoms with Crippen LogP contribution in [0, 0.1) is 5.92 Å². The van der Waals surface area contributed by atoms with E-state index < -0.39 is 0 Å². The molecule has 1 heterocycles. The first-order valence-electron chi connectivity index (χ1n) is 9.89. The molecule has 0 aliphatic carbocycles. The van der Waals surface area contributed by atoms with E-state index in [-0.39, 0.29) is 12.0 Å². The lowest BCUT2D eigenvalue weighted by molar-refractivity contribution is -0.131. The van der Waals surface area contributed by atoms with Gasteiger partial charge in [0.15, 0.2) is 0 Å². The first-order valence-corrected chi connectivity index (χ1v) is 10.7. The van der Waals surface area contributed by atoms with Crippen molar-refractivity contribution < 1.29 is 14.3 Å². The number of amides is 2. The lowest BCUT2D eigenvalue weighted by Gasteiger charge is -2.22. The largest absolute Gasteiger partial charge is 0.449 e. The van der Waals surface area contributed by atoms with Gasteiger partial charge in [-0.2, -0.15) is 0 Å². The molecule has 0 radical (unpaired) electrons. The summed E-state index contributed by atoms with van der Waals surface area (Å²) in [6.45, 7) is 7.02. The van der Waals surface area contributed by atoms with Gasteiger partial charge in [0.1, 0.15) is 0 Å². The Bertz CT molecular complexity index is 604. The van der Waals surface area contributed by atoms with Gasteiger partial charge in [-0.25, -0.2) is 4.79 Å². The van der Waals surface area contributed by atoms with Crippen LogP contribution in [-0.2, 0) is 16.0 Å². The summed E-state index contributed by atoms with van der Waals surface area (Å²) in [7, 11) is 0. The molecule has 6 heteroatoms. The van der Waals surface area contributed by atoms with Gasteiger partial charge in [-0.15, -0.1) is 0 Å². The molecule has 0 bridgehead atoms. The zero-order chi connectivity index (χ0) is 19.6. The van der Waals surface area contributed by atoms with Gasteiger partial charge in [-0.1, -0.05) is 41.9 Å². The smallest absolute Gasteiger partial charge is 0.409 e. The minimum atomic E-state index is -0.257. The second kappa shape index (κ2) is 11.3. The zero-order valence-corrected chi connectivity index (χ0v) is 18.0. The quantitative estimate of drug-likeness (QED) is 0.589. The summed E-state index contributed by atoms with van der Waals surface area (Å²) in [5.41, 5.74) is 1.30. The van der Waals surface area contributed by atoms with Crippen LogP contribution < -0.4 is 0 Å². The summed E-state index contributed by atoms with van der Waals surface area (Å²) in [6.07, 6.45) is 4.03. The molecule has 1 saturated heterocycles. The minimum absolute atomic E-state index is 0.197. The fraction of sp³-hybridized carbons (Fsp3) is 0.619. The van der Waals surface area contributed by atoms with Crippen molar-refractivity contribution in [3.8, 4) is 0 Å². The average molecular weight is 439 g/mol. The molecule has 0 unspecified atom stereocenters. The predicted octanol–water partition coefficient (Wildman–Crippen LogP) is 4.49. The first kappa shape index (κ1) is 21.7. The number of benzene rings is 1. The fourth-order valence-corrected chi connectivity index (χ4v) is 3.36. The molecule has 2 rings (SSSR count). The molecule has 1 aliphatic rings. The van der Waals surface area contributed by atoms with E-state index >= 15 is 0 Å². The van der Waals surface area contributed by atoms with Crippen LogP contribution in [0.25, 0.3) is 0 Å². The molecule has 27 heavy (non-hydrogen) atoms. The molecule has 0 atom stereocenters. The van der Waals surface area contributed by atoms with Crippen molar-refractivity contribution in [2.24, 2.45) is 5.92 Å². The summed E-state index contributed by atoms with van der Waals surface area (Å²) in [4.78, 5) is 28.2. The number of aryl methyl sites for hydroxylation is 1. The Labute approximate surface area is 171 Å². The molecule has 5 nitrogen and oxygen atoms in total. The third kappa shape index (κ3) is 7.91. The third-order valence-electron chi connectivity index (χ3n) is 4.67. The van der Waals surface area contributed by atoms with Crippen molar-refractivity contribution in [2.45, 2.75) is 46.0 Å². The zero-order valence-electron chi connectivity index (χ0n) is 16.5. The second-order valence-electron chi connectivity index (χ2n) is 7.53. The molecule has 150 valence electrons. The van der Waals surface area contributed by atoms with Crippen molar-refractivity contribution >= 4 is 27.9 Å². The highest BCUT2D eigenvalue weighted by Gasteiger charge is 2.22. The molecule has 0 aromatic heterocycles. The van der Waals surface area contributed by atoms with E-state index in [2.05, 4.69) is 40.2 Å². The molecule has 0 saturated carbocycles. The van der Waals surface area contributed by atoms with Crippen LogP contribution in [0.1, 0.15) is 45.1 Å². The fourth-order valence-electron chi connectivity index (χ4n) is 3.09. The highest BCUT2D eigenvalue weighted by Crippen LogP contribution is 2.14. The maximum atomic E-state index is 12.5. The van der Waals surface area contributed by atoms with Crippen LogP contribution in [0.4, 0.5) is 4.79 Å². The number of carbonyl (C=O) groups is 2. The summed E-state index contributed by atoms with van der Waals surface area (Å²) in [6, 6.07) is 8.34. The number of carbonyl (C=O) groups excluding carboxylic acids is 2. The number of halogens is 1. The topological polar surface area (TPSA) is 49.9 Å². The van der Waals surface area contributed by atoms with Crippen molar-refractivity contribution in [3.05, 3.63) is 34.3 Å². The number of hydrogen-bond acceptors (Lipinski definition) is 3. The number of nitrogens with zero attached hydrogens (tertiary/aromatic N) is 2. The van der Waals surface area contributed by atoms with Crippen LogP contribution in [0.5, 0.6) is 0 Å². The number of hydrogen-bond donors (Lipinski definition) is 0. The van der Waals surface area contributed by atoms with Gasteiger partial charge in [0, 0.05) is 37.1 Å². The summed E-state index contributed by atoms with van der Waals surface area (Å²) >= 11 is 3.44. The van der Waals surface area contributed by atoms with E-state index in [4.69, 9.17) is 4.74 Å². The van der Waals surface area contributed by atoms with Crippen LogP contribution in [-0.4, -0.2) is 54.6 Å².